The molecule has 152 valence electrons. The van der Waals surface area contributed by atoms with E-state index in [9.17, 15) is 19.1 Å². The smallest absolute Gasteiger partial charge is 0.263 e. The van der Waals surface area contributed by atoms with Crippen molar-refractivity contribution in [2.45, 2.75) is 5.16 Å². The fraction of sp³-hybridized carbons (Fsp3) is 0.0952. The molecule has 2 aromatic heterocycles. The zero-order valence-corrected chi connectivity index (χ0v) is 17.4. The number of nitrogens with zero attached hydrogens (tertiary/aromatic N) is 2. The van der Waals surface area contributed by atoms with E-state index in [1.165, 1.54) is 40.2 Å². The van der Waals surface area contributed by atoms with Crippen LogP contribution in [-0.2, 0) is 11.8 Å². The molecule has 0 spiro atoms. The largest absolute Gasteiger partial charge is 0.508 e. The van der Waals surface area contributed by atoms with Crippen LogP contribution >= 0.6 is 23.1 Å². The standard InChI is InChI=1S/C21H16FN3O3S2/c1-25-20(28)18-16(12-5-7-13(22)8-6-12)10-29-19(18)24-21(25)30-11-17(27)23-14-3-2-4-15(26)9-14/h2-10,26H,11H2,1H3,(H,23,27). The van der Waals surface area contributed by atoms with E-state index in [1.54, 1.807) is 31.3 Å². The molecule has 30 heavy (non-hydrogen) atoms. The molecule has 0 bridgehead atoms. The number of phenolic OH excluding ortho intramolecular Hbond substituents is 1. The number of phenols is 1. The van der Waals surface area contributed by atoms with Crippen molar-refractivity contribution in [2.75, 3.05) is 11.1 Å². The molecule has 0 saturated carbocycles. The van der Waals surface area contributed by atoms with Crippen molar-refractivity contribution in [3.63, 3.8) is 0 Å². The summed E-state index contributed by atoms with van der Waals surface area (Å²) in [5, 5.41) is 14.9. The van der Waals surface area contributed by atoms with Gasteiger partial charge in [0.05, 0.1) is 11.1 Å². The maximum absolute atomic E-state index is 13.2. The molecule has 0 atom stereocenters. The SMILES string of the molecule is Cn1c(SCC(=O)Nc2cccc(O)c2)nc2scc(-c3ccc(F)cc3)c2c1=O. The molecule has 0 aliphatic heterocycles. The van der Waals surface area contributed by atoms with E-state index in [4.69, 9.17) is 0 Å². The van der Waals surface area contributed by atoms with Crippen LogP contribution in [0.2, 0.25) is 0 Å². The maximum Gasteiger partial charge on any atom is 0.263 e. The molecule has 2 N–H and O–H groups in total. The van der Waals surface area contributed by atoms with Crippen molar-refractivity contribution in [3.8, 4) is 16.9 Å². The van der Waals surface area contributed by atoms with Crippen LogP contribution < -0.4 is 10.9 Å². The topological polar surface area (TPSA) is 84.2 Å². The van der Waals surface area contributed by atoms with Crippen molar-refractivity contribution in [1.29, 1.82) is 0 Å². The summed E-state index contributed by atoms with van der Waals surface area (Å²) in [5.74, 6) is -0.507. The Balaban J connectivity index is 1.57. The Morgan fingerprint density at radius 1 is 1.27 bits per heavy atom. The van der Waals surface area contributed by atoms with Gasteiger partial charge in [-0.15, -0.1) is 11.3 Å². The Hall–Kier alpha value is -3.17. The number of benzene rings is 2. The molecule has 2 heterocycles. The van der Waals surface area contributed by atoms with Crippen molar-refractivity contribution in [2.24, 2.45) is 7.05 Å². The predicted octanol–water partition coefficient (Wildman–Crippen LogP) is 4.24. The van der Waals surface area contributed by atoms with Gasteiger partial charge < -0.3 is 10.4 Å². The molecule has 1 amide bonds. The Labute approximate surface area is 179 Å². The van der Waals surface area contributed by atoms with Gasteiger partial charge in [-0.1, -0.05) is 30.0 Å². The lowest BCUT2D eigenvalue weighted by Gasteiger charge is -2.09. The number of amides is 1. The van der Waals surface area contributed by atoms with Gasteiger partial charge in [0.15, 0.2) is 5.16 Å². The van der Waals surface area contributed by atoms with Gasteiger partial charge in [0, 0.05) is 29.7 Å². The number of thioether (sulfide) groups is 1. The second-order valence-corrected chi connectivity index (χ2v) is 8.28. The lowest BCUT2D eigenvalue weighted by molar-refractivity contribution is -0.113. The Bertz CT molecular complexity index is 1300. The van der Waals surface area contributed by atoms with Gasteiger partial charge >= 0.3 is 0 Å². The minimum absolute atomic E-state index is 0.0532. The minimum Gasteiger partial charge on any atom is -0.508 e. The van der Waals surface area contributed by atoms with Crippen LogP contribution in [0.4, 0.5) is 10.1 Å². The number of carbonyl (C=O) groups excluding carboxylic acids is 1. The third-order valence-corrected chi connectivity index (χ3v) is 6.29. The van der Waals surface area contributed by atoms with Crippen molar-refractivity contribution in [3.05, 3.63) is 70.1 Å². The van der Waals surface area contributed by atoms with Crippen LogP contribution in [-0.4, -0.2) is 26.3 Å². The van der Waals surface area contributed by atoms with Gasteiger partial charge in [0.1, 0.15) is 16.4 Å². The maximum atomic E-state index is 13.2. The number of hydrogen-bond acceptors (Lipinski definition) is 6. The Morgan fingerprint density at radius 3 is 2.77 bits per heavy atom. The third-order valence-electron chi connectivity index (χ3n) is 4.39. The highest BCUT2D eigenvalue weighted by Gasteiger charge is 2.16. The highest BCUT2D eigenvalue weighted by atomic mass is 32.2. The van der Waals surface area contributed by atoms with Gasteiger partial charge in [-0.2, -0.15) is 0 Å². The zero-order chi connectivity index (χ0) is 21.3. The quantitative estimate of drug-likeness (QED) is 0.358. The number of hydrogen-bond donors (Lipinski definition) is 2. The van der Waals surface area contributed by atoms with Gasteiger partial charge in [-0.25, -0.2) is 9.37 Å². The van der Waals surface area contributed by atoms with Gasteiger partial charge in [-0.3, -0.25) is 14.2 Å². The first-order valence-corrected chi connectivity index (χ1v) is 10.7. The number of rotatable bonds is 5. The van der Waals surface area contributed by atoms with E-state index in [-0.39, 0.29) is 28.8 Å². The lowest BCUT2D eigenvalue weighted by Crippen LogP contribution is -2.21. The average Bonchev–Trinajstić information content (AvgIpc) is 3.14. The molecule has 0 saturated heterocycles. The first kappa shape index (κ1) is 20.1. The summed E-state index contributed by atoms with van der Waals surface area (Å²) < 4.78 is 14.6. The first-order valence-electron chi connectivity index (χ1n) is 8.88. The summed E-state index contributed by atoms with van der Waals surface area (Å²) in [6.07, 6.45) is 0. The Kier molecular flexibility index (Phi) is 5.56. The average molecular weight is 442 g/mol. The monoisotopic (exact) mass is 441 g/mol. The second-order valence-electron chi connectivity index (χ2n) is 6.48. The van der Waals surface area contributed by atoms with Gasteiger partial charge in [-0.05, 0) is 29.8 Å². The highest BCUT2D eigenvalue weighted by molar-refractivity contribution is 7.99. The molecule has 9 heteroatoms. The lowest BCUT2D eigenvalue weighted by atomic mass is 10.1. The number of fused-ring (bicyclic) bond motifs is 1. The summed E-state index contributed by atoms with van der Waals surface area (Å²) in [4.78, 5) is 30.3. The number of nitrogens with one attached hydrogen (secondary N) is 1. The van der Waals surface area contributed by atoms with E-state index >= 15 is 0 Å². The second kappa shape index (κ2) is 8.29. The zero-order valence-electron chi connectivity index (χ0n) is 15.8. The van der Waals surface area contributed by atoms with E-state index in [0.717, 1.165) is 17.3 Å². The molecule has 0 fully saturated rings. The summed E-state index contributed by atoms with van der Waals surface area (Å²) in [6.45, 7) is 0. The van der Waals surface area contributed by atoms with Gasteiger partial charge in [0.25, 0.3) is 5.56 Å². The molecule has 0 aliphatic carbocycles. The number of aromatic nitrogens is 2. The van der Waals surface area contributed by atoms with E-state index in [0.29, 0.717) is 26.6 Å². The summed E-state index contributed by atoms with van der Waals surface area (Å²) in [7, 11) is 1.61. The number of carbonyl (C=O) groups is 1. The van der Waals surface area contributed by atoms with Crippen LogP contribution in [0.3, 0.4) is 0 Å². The molecule has 4 rings (SSSR count). The number of aromatic hydroxyl groups is 1. The first-order chi connectivity index (χ1) is 14.4. The fourth-order valence-corrected chi connectivity index (χ4v) is 4.70. The van der Waals surface area contributed by atoms with Crippen molar-refractivity contribution >= 4 is 44.9 Å². The van der Waals surface area contributed by atoms with Crippen molar-refractivity contribution in [1.82, 2.24) is 9.55 Å². The van der Waals surface area contributed by atoms with Crippen LogP contribution in [0.25, 0.3) is 21.3 Å². The normalized spacial score (nSPS) is 11.0. The number of anilines is 1. The molecular weight excluding hydrogens is 425 g/mol. The molecule has 0 aliphatic rings. The summed E-state index contributed by atoms with van der Waals surface area (Å²) >= 11 is 2.48. The van der Waals surface area contributed by atoms with E-state index in [1.807, 2.05) is 5.38 Å². The summed E-state index contributed by atoms with van der Waals surface area (Å²) in [5.41, 5.74) is 1.71. The van der Waals surface area contributed by atoms with Crippen LogP contribution in [0, 0.1) is 5.82 Å². The predicted molar refractivity (Wildman–Crippen MR) is 118 cm³/mol. The van der Waals surface area contributed by atoms with Crippen LogP contribution in [0.5, 0.6) is 5.75 Å². The van der Waals surface area contributed by atoms with E-state index in [2.05, 4.69) is 10.3 Å². The number of thiophene rings is 1. The Morgan fingerprint density at radius 2 is 2.03 bits per heavy atom. The number of halogens is 1. The van der Waals surface area contributed by atoms with Crippen molar-refractivity contribution < 1.29 is 14.3 Å². The highest BCUT2D eigenvalue weighted by Crippen LogP contribution is 2.32. The third kappa shape index (κ3) is 4.07. The molecule has 2 aromatic carbocycles. The molecule has 0 radical (unpaired) electrons. The molecule has 0 unspecified atom stereocenters. The fourth-order valence-electron chi connectivity index (χ4n) is 2.93. The summed E-state index contributed by atoms with van der Waals surface area (Å²) in [6, 6.07) is 12.2. The van der Waals surface area contributed by atoms with Crippen LogP contribution in [0.1, 0.15) is 0 Å². The van der Waals surface area contributed by atoms with Gasteiger partial charge in [0.2, 0.25) is 5.91 Å². The molecule has 4 aromatic rings. The molecule has 6 nitrogen and oxygen atoms in total. The van der Waals surface area contributed by atoms with E-state index < -0.39 is 0 Å². The molecular formula is C21H16FN3O3S2. The van der Waals surface area contributed by atoms with Crippen LogP contribution in [0.15, 0.2) is 63.9 Å². The minimum atomic E-state index is -0.341.